The minimum absolute atomic E-state index is 0.111. The van der Waals surface area contributed by atoms with Gasteiger partial charge in [-0.05, 0) is 65.7 Å². The molecule has 44 heavy (non-hydrogen) atoms. The van der Waals surface area contributed by atoms with Gasteiger partial charge in [-0.25, -0.2) is 14.4 Å². The number of aromatic hydroxyl groups is 4. The van der Waals surface area contributed by atoms with E-state index in [0.29, 0.717) is 5.56 Å². The summed E-state index contributed by atoms with van der Waals surface area (Å²) in [7, 11) is 0. The van der Waals surface area contributed by atoms with Crippen LogP contribution in [0.25, 0.3) is 28.0 Å². The van der Waals surface area contributed by atoms with E-state index >= 15 is 0 Å². The molecule has 0 amide bonds. The minimum Gasteiger partial charge on any atom is -0.507 e. The largest absolute Gasteiger partial charge is 0.507 e. The zero-order valence-corrected chi connectivity index (χ0v) is 22.6. The smallest absolute Gasteiger partial charge is 0.344 e. The summed E-state index contributed by atoms with van der Waals surface area (Å²) in [6.07, 6.45) is 2.51. The molecule has 2 aromatic heterocycles. The summed E-state index contributed by atoms with van der Waals surface area (Å²) in [4.78, 5) is 39.1. The Hall–Kier alpha value is -6.29. The summed E-state index contributed by atoms with van der Waals surface area (Å²) in [5, 5.41) is 42.1. The number of phenolic OH excluding ortho intramolecular Hbond substituents is 2. The number of fused-ring (bicyclic) bond motifs is 2. The molecule has 10 nitrogen and oxygen atoms in total. The number of hydrogen-bond acceptors (Lipinski definition) is 10. The van der Waals surface area contributed by atoms with Crippen molar-refractivity contribution in [2.24, 2.45) is 0 Å². The zero-order chi connectivity index (χ0) is 31.0. The van der Waals surface area contributed by atoms with Crippen LogP contribution in [0.2, 0.25) is 0 Å². The topological polar surface area (TPSA) is 168 Å². The van der Waals surface area contributed by atoms with Gasteiger partial charge in [0.1, 0.15) is 28.4 Å². The third kappa shape index (κ3) is 5.12. The van der Waals surface area contributed by atoms with Gasteiger partial charge in [-0.3, -0.25) is 0 Å². The summed E-state index contributed by atoms with van der Waals surface area (Å²) in [5.74, 6) is -3.49. The van der Waals surface area contributed by atoms with Crippen molar-refractivity contribution < 1.29 is 38.8 Å². The van der Waals surface area contributed by atoms with Crippen LogP contribution in [-0.2, 0) is 4.79 Å². The first-order chi connectivity index (χ1) is 21.2. The number of para-hydroxylation sites is 2. The molecule has 0 spiro atoms. The molecule has 10 heteroatoms. The average molecular weight is 591 g/mol. The second-order valence-electron chi connectivity index (χ2n) is 9.80. The van der Waals surface area contributed by atoms with Crippen LogP contribution < -0.4 is 16.0 Å². The van der Waals surface area contributed by atoms with Crippen LogP contribution in [-0.4, -0.2) is 26.4 Å². The van der Waals surface area contributed by atoms with Crippen molar-refractivity contribution in [3.63, 3.8) is 0 Å². The molecule has 4 aromatic carbocycles. The SMILES string of the molecule is O=C(/C=C/c1ccc(O)c(O)c1)Oc1ccc(C(c2c(O)c3ccccc3oc2=O)c2c(O)c3ccccc3oc2=O)cc1. The van der Waals surface area contributed by atoms with E-state index in [1.807, 2.05) is 0 Å². The Morgan fingerprint density at radius 2 is 1.23 bits per heavy atom. The highest BCUT2D eigenvalue weighted by molar-refractivity contribution is 5.89. The van der Waals surface area contributed by atoms with Crippen molar-refractivity contribution >= 4 is 34.0 Å². The fraction of sp³-hybridized carbons (Fsp3) is 0.0294. The Morgan fingerprint density at radius 1 is 0.682 bits per heavy atom. The lowest BCUT2D eigenvalue weighted by molar-refractivity contribution is -0.128. The van der Waals surface area contributed by atoms with E-state index in [4.69, 9.17) is 13.6 Å². The van der Waals surface area contributed by atoms with Gasteiger partial charge in [0.25, 0.3) is 0 Å². The van der Waals surface area contributed by atoms with Gasteiger partial charge in [-0.15, -0.1) is 0 Å². The lowest BCUT2D eigenvalue weighted by Gasteiger charge is -2.20. The van der Waals surface area contributed by atoms with Gasteiger partial charge in [0.2, 0.25) is 0 Å². The molecule has 0 atom stereocenters. The number of ether oxygens (including phenoxy) is 1. The Kier molecular flexibility index (Phi) is 7.08. The lowest BCUT2D eigenvalue weighted by atomic mass is 9.84. The van der Waals surface area contributed by atoms with Crippen LogP contribution in [0.5, 0.6) is 28.7 Å². The molecule has 0 aliphatic carbocycles. The molecule has 6 rings (SSSR count). The number of rotatable bonds is 6. The molecule has 2 heterocycles. The zero-order valence-electron chi connectivity index (χ0n) is 22.6. The predicted molar refractivity (Wildman–Crippen MR) is 160 cm³/mol. The molecule has 218 valence electrons. The van der Waals surface area contributed by atoms with Crippen molar-refractivity contribution in [2.45, 2.75) is 5.92 Å². The van der Waals surface area contributed by atoms with E-state index in [9.17, 15) is 34.8 Å². The minimum atomic E-state index is -1.34. The van der Waals surface area contributed by atoms with Crippen molar-refractivity contribution in [3.8, 4) is 28.7 Å². The molecular weight excluding hydrogens is 568 g/mol. The number of benzene rings is 4. The van der Waals surface area contributed by atoms with Gasteiger partial charge >= 0.3 is 17.2 Å². The standard InChI is InChI=1S/C34H22O10/c35-23-15-9-18(17-24(23)36)10-16-27(37)42-20-13-11-19(12-14-20)28(29-31(38)21-5-1-3-7-25(21)43-33(29)40)30-32(39)22-6-2-4-8-26(22)44-34(30)41/h1-17,28,35-36,38-39H/b16-10+. The summed E-state index contributed by atoms with van der Waals surface area (Å²) in [6.45, 7) is 0. The van der Waals surface area contributed by atoms with E-state index in [0.717, 1.165) is 6.08 Å². The third-order valence-corrected chi connectivity index (χ3v) is 7.06. The Labute approximate surface area is 247 Å². The number of hydrogen-bond donors (Lipinski definition) is 4. The Morgan fingerprint density at radius 3 is 1.77 bits per heavy atom. The molecule has 0 saturated heterocycles. The number of esters is 1. The molecule has 6 aromatic rings. The summed E-state index contributed by atoms with van der Waals surface area (Å²) < 4.78 is 16.3. The summed E-state index contributed by atoms with van der Waals surface area (Å²) >= 11 is 0. The number of carbonyl (C=O) groups excluding carboxylic acids is 1. The van der Waals surface area contributed by atoms with E-state index in [-0.39, 0.29) is 55.9 Å². The Bertz CT molecular complexity index is 2110. The van der Waals surface area contributed by atoms with E-state index < -0.39 is 34.6 Å². The Balaban J connectivity index is 1.42. The number of carbonyl (C=O) groups is 1. The molecule has 0 radical (unpaired) electrons. The van der Waals surface area contributed by atoms with Crippen molar-refractivity contribution in [3.05, 3.63) is 140 Å². The van der Waals surface area contributed by atoms with Gasteiger partial charge in [0, 0.05) is 6.08 Å². The van der Waals surface area contributed by atoms with E-state index in [1.165, 1.54) is 60.7 Å². The second-order valence-corrected chi connectivity index (χ2v) is 9.80. The normalized spacial score (nSPS) is 11.5. The maximum absolute atomic E-state index is 13.3. The van der Waals surface area contributed by atoms with Gasteiger partial charge in [0.05, 0.1) is 27.8 Å². The van der Waals surface area contributed by atoms with E-state index in [1.54, 1.807) is 36.4 Å². The van der Waals surface area contributed by atoms with Crippen molar-refractivity contribution in [1.29, 1.82) is 0 Å². The van der Waals surface area contributed by atoms with Crippen LogP contribution in [0.4, 0.5) is 0 Å². The van der Waals surface area contributed by atoms with Gasteiger partial charge in [0.15, 0.2) is 11.5 Å². The lowest BCUT2D eigenvalue weighted by Crippen LogP contribution is -2.21. The van der Waals surface area contributed by atoms with Gasteiger partial charge in [-0.1, -0.05) is 42.5 Å². The predicted octanol–water partition coefficient (Wildman–Crippen LogP) is 5.52. The third-order valence-electron chi connectivity index (χ3n) is 7.06. The fourth-order valence-corrected chi connectivity index (χ4v) is 4.97. The van der Waals surface area contributed by atoms with Crippen LogP contribution in [0.1, 0.15) is 28.2 Å². The molecule has 4 N–H and O–H groups in total. The van der Waals surface area contributed by atoms with Crippen LogP contribution >= 0.6 is 0 Å². The van der Waals surface area contributed by atoms with Crippen LogP contribution in [0.15, 0.2) is 115 Å². The highest BCUT2D eigenvalue weighted by Crippen LogP contribution is 2.42. The first kappa shape index (κ1) is 27.9. The summed E-state index contributed by atoms with van der Waals surface area (Å²) in [5.41, 5.74) is -1.49. The summed E-state index contributed by atoms with van der Waals surface area (Å²) in [6, 6.07) is 22.5. The quantitative estimate of drug-likeness (QED) is 0.0637. The maximum atomic E-state index is 13.3. The molecule has 0 saturated carbocycles. The second kappa shape index (κ2) is 11.2. The molecule has 0 unspecified atom stereocenters. The average Bonchev–Trinajstić information content (AvgIpc) is 3.01. The molecule has 0 aliphatic rings. The highest BCUT2D eigenvalue weighted by atomic mass is 16.5. The first-order valence-corrected chi connectivity index (χ1v) is 13.2. The van der Waals surface area contributed by atoms with Gasteiger partial charge < -0.3 is 34.0 Å². The van der Waals surface area contributed by atoms with Crippen molar-refractivity contribution in [1.82, 2.24) is 0 Å². The van der Waals surface area contributed by atoms with Crippen LogP contribution in [0.3, 0.4) is 0 Å². The molecule has 0 bridgehead atoms. The van der Waals surface area contributed by atoms with Crippen LogP contribution in [0, 0.1) is 0 Å². The highest BCUT2D eigenvalue weighted by Gasteiger charge is 2.32. The van der Waals surface area contributed by atoms with Crippen molar-refractivity contribution in [2.75, 3.05) is 0 Å². The van der Waals surface area contributed by atoms with Gasteiger partial charge in [-0.2, -0.15) is 0 Å². The fourth-order valence-electron chi connectivity index (χ4n) is 4.97. The molecular formula is C34H22O10. The molecule has 0 fully saturated rings. The monoisotopic (exact) mass is 590 g/mol. The molecule has 0 aliphatic heterocycles. The number of phenols is 2. The van der Waals surface area contributed by atoms with E-state index in [2.05, 4.69) is 0 Å². The maximum Gasteiger partial charge on any atom is 0.344 e. The first-order valence-electron chi connectivity index (χ1n) is 13.2.